The molecule has 3 aromatic rings. The van der Waals surface area contributed by atoms with Crippen LogP contribution in [0.4, 0.5) is 13.2 Å². The van der Waals surface area contributed by atoms with Gasteiger partial charge in [0, 0.05) is 24.5 Å². The molecule has 0 fully saturated rings. The van der Waals surface area contributed by atoms with E-state index in [1.54, 1.807) is 23.0 Å². The molecule has 0 bridgehead atoms. The fraction of sp³-hybridized carbons (Fsp3) is 0.158. The number of aromatic nitrogens is 3. The van der Waals surface area contributed by atoms with Crippen molar-refractivity contribution in [3.63, 3.8) is 0 Å². The smallest absolute Gasteiger partial charge is 0.332 e. The van der Waals surface area contributed by atoms with Gasteiger partial charge in [-0.2, -0.15) is 23.4 Å². The number of alkyl halides is 3. The molecule has 0 N–H and O–H groups in total. The molecular formula is C19H13ClF3N5. The highest BCUT2D eigenvalue weighted by atomic mass is 35.5. The Morgan fingerprint density at radius 1 is 1.11 bits per heavy atom. The summed E-state index contributed by atoms with van der Waals surface area (Å²) in [6.45, 7) is 0.716. The minimum atomic E-state index is -4.50. The predicted molar refractivity (Wildman–Crippen MR) is 98.7 cm³/mol. The van der Waals surface area contributed by atoms with Crippen LogP contribution in [0.2, 0.25) is 5.02 Å². The molecule has 3 heterocycles. The third kappa shape index (κ3) is 3.68. The zero-order valence-electron chi connectivity index (χ0n) is 14.4. The van der Waals surface area contributed by atoms with Crippen LogP contribution in [0, 0.1) is 0 Å². The third-order valence-electron chi connectivity index (χ3n) is 4.23. The molecule has 0 spiro atoms. The summed E-state index contributed by atoms with van der Waals surface area (Å²) in [5, 5.41) is 7.69. The zero-order valence-corrected chi connectivity index (χ0v) is 15.1. The first kappa shape index (κ1) is 18.4. The summed E-state index contributed by atoms with van der Waals surface area (Å²) in [6.07, 6.45) is 2.32. The van der Waals surface area contributed by atoms with Crippen LogP contribution in [0.5, 0.6) is 0 Å². The van der Waals surface area contributed by atoms with Gasteiger partial charge in [0.1, 0.15) is 5.69 Å². The number of hydrogen-bond acceptors (Lipinski definition) is 4. The van der Waals surface area contributed by atoms with Gasteiger partial charge >= 0.3 is 6.18 Å². The lowest BCUT2D eigenvalue weighted by molar-refractivity contribution is -0.137. The molecule has 142 valence electrons. The van der Waals surface area contributed by atoms with Crippen molar-refractivity contribution >= 4 is 17.3 Å². The number of benzene rings is 1. The molecule has 4 rings (SSSR count). The maximum Gasteiger partial charge on any atom is 0.417 e. The fourth-order valence-corrected chi connectivity index (χ4v) is 3.18. The molecular weight excluding hydrogens is 391 g/mol. The lowest BCUT2D eigenvalue weighted by Gasteiger charge is -2.12. The largest absolute Gasteiger partial charge is 0.417 e. The van der Waals surface area contributed by atoms with E-state index in [-0.39, 0.29) is 11.6 Å². The maximum absolute atomic E-state index is 13.0. The first-order valence-corrected chi connectivity index (χ1v) is 8.70. The fourth-order valence-electron chi connectivity index (χ4n) is 2.89. The van der Waals surface area contributed by atoms with Crippen molar-refractivity contribution in [2.45, 2.75) is 12.7 Å². The lowest BCUT2D eigenvalue weighted by Crippen LogP contribution is -2.08. The van der Waals surface area contributed by atoms with Crippen molar-refractivity contribution in [3.8, 4) is 11.4 Å². The number of hydrogen-bond donors (Lipinski definition) is 0. The summed E-state index contributed by atoms with van der Waals surface area (Å²) in [7, 11) is 0. The van der Waals surface area contributed by atoms with E-state index in [1.807, 2.05) is 18.2 Å². The Morgan fingerprint density at radius 2 is 1.96 bits per heavy atom. The van der Waals surface area contributed by atoms with Gasteiger partial charge in [0.15, 0.2) is 0 Å². The number of imidazole rings is 1. The van der Waals surface area contributed by atoms with E-state index in [0.717, 1.165) is 17.3 Å². The summed E-state index contributed by atoms with van der Waals surface area (Å²) < 4.78 is 40.8. The Kier molecular flexibility index (Phi) is 4.72. The molecule has 0 saturated heterocycles. The second-order valence-electron chi connectivity index (χ2n) is 6.15. The maximum atomic E-state index is 13.0. The van der Waals surface area contributed by atoms with E-state index in [4.69, 9.17) is 11.6 Å². The first-order valence-electron chi connectivity index (χ1n) is 8.32. The molecule has 0 radical (unpaired) electrons. The summed E-state index contributed by atoms with van der Waals surface area (Å²) >= 11 is 5.97. The number of pyridine rings is 1. The molecule has 28 heavy (non-hydrogen) atoms. The minimum Gasteiger partial charge on any atom is -0.332 e. The van der Waals surface area contributed by atoms with Gasteiger partial charge in [0.05, 0.1) is 34.8 Å². The quantitative estimate of drug-likeness (QED) is 0.579. The number of halogens is 4. The molecule has 9 heteroatoms. The van der Waals surface area contributed by atoms with Crippen LogP contribution in [0.1, 0.15) is 16.7 Å². The van der Waals surface area contributed by atoms with Crippen molar-refractivity contribution in [2.24, 2.45) is 10.2 Å². The normalized spacial score (nSPS) is 13.8. The molecule has 5 nitrogen and oxygen atoms in total. The molecule has 1 aromatic carbocycles. The summed E-state index contributed by atoms with van der Waals surface area (Å²) in [5.41, 5.74) is 2.40. The molecule has 2 aromatic heterocycles. The van der Waals surface area contributed by atoms with Crippen LogP contribution in [-0.2, 0) is 12.7 Å². The van der Waals surface area contributed by atoms with E-state index in [0.29, 0.717) is 23.5 Å². The van der Waals surface area contributed by atoms with Gasteiger partial charge in [-0.25, -0.2) is 4.98 Å². The predicted octanol–water partition coefficient (Wildman–Crippen LogP) is 5.47. The third-order valence-corrected chi connectivity index (χ3v) is 4.68. The number of azo groups is 1. The highest BCUT2D eigenvalue weighted by Gasteiger charge is 2.33. The van der Waals surface area contributed by atoms with Crippen molar-refractivity contribution in [1.82, 2.24) is 14.5 Å². The lowest BCUT2D eigenvalue weighted by atomic mass is 10.1. The van der Waals surface area contributed by atoms with E-state index in [9.17, 15) is 13.2 Å². The first-order chi connectivity index (χ1) is 13.4. The van der Waals surface area contributed by atoms with Crippen LogP contribution in [0.25, 0.3) is 17.1 Å². The molecule has 0 atom stereocenters. The average Bonchev–Trinajstić information content (AvgIpc) is 3.35. The molecule has 0 amide bonds. The van der Waals surface area contributed by atoms with Gasteiger partial charge in [-0.3, -0.25) is 4.98 Å². The highest BCUT2D eigenvalue weighted by molar-refractivity contribution is 6.32. The topological polar surface area (TPSA) is 55.4 Å². The zero-order chi connectivity index (χ0) is 19.7. The number of nitrogens with zero attached hydrogens (tertiary/aromatic N) is 5. The van der Waals surface area contributed by atoms with Crippen molar-refractivity contribution < 1.29 is 13.2 Å². The van der Waals surface area contributed by atoms with Gasteiger partial charge in [-0.15, -0.1) is 0 Å². The van der Waals surface area contributed by atoms with Gasteiger partial charge < -0.3 is 4.57 Å². The monoisotopic (exact) mass is 403 g/mol. The van der Waals surface area contributed by atoms with Gasteiger partial charge in [0.25, 0.3) is 0 Å². The van der Waals surface area contributed by atoms with Crippen molar-refractivity contribution in [1.29, 1.82) is 0 Å². The Balaban J connectivity index is 1.59. The van der Waals surface area contributed by atoms with E-state index in [1.165, 1.54) is 12.4 Å². The van der Waals surface area contributed by atoms with Crippen LogP contribution < -0.4 is 0 Å². The van der Waals surface area contributed by atoms with Crippen LogP contribution in [0.3, 0.4) is 0 Å². The van der Waals surface area contributed by atoms with E-state index >= 15 is 0 Å². The van der Waals surface area contributed by atoms with Gasteiger partial charge in [-0.1, -0.05) is 23.7 Å². The van der Waals surface area contributed by atoms with E-state index in [2.05, 4.69) is 20.2 Å². The highest BCUT2D eigenvalue weighted by Crippen LogP contribution is 2.36. The summed E-state index contributed by atoms with van der Waals surface area (Å²) in [4.78, 5) is 8.63. The Hall–Kier alpha value is -3.00. The molecule has 0 saturated carbocycles. The molecule has 0 aliphatic carbocycles. The molecule has 1 aliphatic heterocycles. The summed E-state index contributed by atoms with van der Waals surface area (Å²) in [6, 6.07) is 7.55. The minimum absolute atomic E-state index is 0.162. The second kappa shape index (κ2) is 7.20. The average molecular weight is 404 g/mol. The van der Waals surface area contributed by atoms with Crippen LogP contribution >= 0.6 is 11.6 Å². The SMILES string of the molecule is FC(F)(F)c1cccc(Cn2cnc(-c3cc(C4=CCN=N4)ccn3)c2)c1Cl. The molecule has 1 aliphatic rings. The Bertz CT molecular complexity index is 1090. The van der Waals surface area contributed by atoms with Crippen molar-refractivity contribution in [2.75, 3.05) is 6.54 Å². The van der Waals surface area contributed by atoms with Crippen LogP contribution in [-0.4, -0.2) is 21.1 Å². The molecule has 0 unspecified atom stereocenters. The number of rotatable bonds is 4. The van der Waals surface area contributed by atoms with Gasteiger partial charge in [0.2, 0.25) is 0 Å². The standard InChI is InChI=1S/C19H13ClF3N5/c20-18-13(2-1-3-14(18)19(21,22)23)9-28-10-17(25-11-28)16-8-12(4-6-24-16)15-5-7-26-27-15/h1-6,8,10-11H,7,9H2. The Morgan fingerprint density at radius 3 is 2.71 bits per heavy atom. The van der Waals surface area contributed by atoms with E-state index < -0.39 is 11.7 Å². The van der Waals surface area contributed by atoms with Crippen LogP contribution in [0.15, 0.2) is 65.4 Å². The Labute approximate surface area is 163 Å². The summed E-state index contributed by atoms with van der Waals surface area (Å²) in [5.74, 6) is 0. The second-order valence-corrected chi connectivity index (χ2v) is 6.53. The van der Waals surface area contributed by atoms with Crippen molar-refractivity contribution in [3.05, 3.63) is 76.8 Å². The van der Waals surface area contributed by atoms with Gasteiger partial charge in [-0.05, 0) is 29.8 Å².